The number of ether oxygens (including phenoxy) is 1. The van der Waals surface area contributed by atoms with Gasteiger partial charge in [0.2, 0.25) is 5.28 Å². The zero-order valence-electron chi connectivity index (χ0n) is 10.1. The van der Waals surface area contributed by atoms with Crippen molar-refractivity contribution >= 4 is 28.6 Å². The van der Waals surface area contributed by atoms with E-state index >= 15 is 0 Å². The second-order valence-corrected chi connectivity index (χ2v) is 4.77. The predicted octanol–water partition coefficient (Wildman–Crippen LogP) is -1.33. The summed E-state index contributed by atoms with van der Waals surface area (Å²) < 4.78 is 6.79. The van der Waals surface area contributed by atoms with Crippen LogP contribution in [0.5, 0.6) is 0 Å². The maximum absolute atomic E-state index is 9.99. The molecule has 1 fully saturated rings. The van der Waals surface area contributed by atoms with Gasteiger partial charge in [-0.05, 0) is 11.6 Å². The molecule has 0 radical (unpaired) electrons. The van der Waals surface area contributed by atoms with E-state index < -0.39 is 31.1 Å². The van der Waals surface area contributed by atoms with E-state index in [-0.39, 0.29) is 16.7 Å². The fraction of sp³-hybridized carbons (Fsp3) is 0.500. The fourth-order valence-corrected chi connectivity index (χ4v) is 2.38. The number of anilines is 1. The van der Waals surface area contributed by atoms with Gasteiger partial charge in [0.05, 0.1) is 12.9 Å². The Morgan fingerprint density at radius 1 is 1.35 bits per heavy atom. The highest BCUT2D eigenvalue weighted by Crippen LogP contribution is 2.32. The van der Waals surface area contributed by atoms with Crippen LogP contribution in [0.2, 0.25) is 5.28 Å². The molecule has 2 aromatic heterocycles. The van der Waals surface area contributed by atoms with Gasteiger partial charge in [-0.15, -0.1) is 0 Å². The lowest BCUT2D eigenvalue weighted by atomic mass is 10.1. The maximum atomic E-state index is 9.99. The minimum absolute atomic E-state index is 0.0662. The van der Waals surface area contributed by atoms with E-state index in [4.69, 9.17) is 27.2 Å². The number of aromatic nitrogens is 4. The summed E-state index contributed by atoms with van der Waals surface area (Å²) in [5.74, 6) is 0.102. The van der Waals surface area contributed by atoms with Gasteiger partial charge >= 0.3 is 0 Å². The molecule has 5 N–H and O–H groups in total. The van der Waals surface area contributed by atoms with Gasteiger partial charge in [-0.25, -0.2) is 4.98 Å². The standard InChI is InChI=1S/C10H12ClN5O4/c11-10-14-7(12)4-8(15-10)16(2-13-4)9-6(19)5(18)3(1-17)20-9/h2-3,5-6,9,17-19H,1H2,(H2,12,14,15)/t3-,5+,6-,9+/m0/s1. The SMILES string of the molecule is Nc1nc(Cl)nc2c1ncn2[C@@H]1O[C@@H](CO)[C@@H](O)[C@@H]1O. The third-order valence-corrected chi connectivity index (χ3v) is 3.38. The smallest absolute Gasteiger partial charge is 0.226 e. The Bertz CT molecular complexity index is 650. The molecular weight excluding hydrogens is 290 g/mol. The second kappa shape index (κ2) is 4.79. The summed E-state index contributed by atoms with van der Waals surface area (Å²) in [7, 11) is 0. The largest absolute Gasteiger partial charge is 0.394 e. The zero-order valence-corrected chi connectivity index (χ0v) is 10.8. The Balaban J connectivity index is 2.07. The number of fused-ring (bicyclic) bond motifs is 1. The van der Waals surface area contributed by atoms with E-state index in [1.165, 1.54) is 10.9 Å². The summed E-state index contributed by atoms with van der Waals surface area (Å²) in [6.45, 7) is -0.417. The molecular formula is C10H12ClN5O4. The lowest BCUT2D eigenvalue weighted by molar-refractivity contribution is -0.0511. The highest BCUT2D eigenvalue weighted by molar-refractivity contribution is 6.28. The van der Waals surface area contributed by atoms with Crippen molar-refractivity contribution < 1.29 is 20.1 Å². The van der Waals surface area contributed by atoms with Gasteiger partial charge < -0.3 is 25.8 Å². The normalized spacial score (nSPS) is 30.2. The Hall–Kier alpha value is -1.52. The van der Waals surface area contributed by atoms with Gasteiger partial charge in [-0.2, -0.15) is 9.97 Å². The molecule has 3 heterocycles. The number of hydrogen-bond donors (Lipinski definition) is 4. The van der Waals surface area contributed by atoms with E-state index in [0.717, 1.165) is 0 Å². The van der Waals surface area contributed by atoms with Crippen molar-refractivity contribution in [1.82, 2.24) is 19.5 Å². The lowest BCUT2D eigenvalue weighted by Gasteiger charge is -2.16. The van der Waals surface area contributed by atoms with Crippen LogP contribution in [0.3, 0.4) is 0 Å². The first-order chi connectivity index (χ1) is 9.52. The molecule has 0 spiro atoms. The van der Waals surface area contributed by atoms with Crippen molar-refractivity contribution in [3.8, 4) is 0 Å². The van der Waals surface area contributed by atoms with Gasteiger partial charge in [-0.1, -0.05) is 0 Å². The molecule has 0 aliphatic carbocycles. The number of aliphatic hydroxyl groups is 3. The van der Waals surface area contributed by atoms with Crippen molar-refractivity contribution in [1.29, 1.82) is 0 Å². The van der Waals surface area contributed by atoms with Crippen LogP contribution < -0.4 is 5.73 Å². The first-order valence-corrected chi connectivity index (χ1v) is 6.18. The molecule has 1 aliphatic rings. The molecule has 4 atom stereocenters. The number of halogens is 1. The van der Waals surface area contributed by atoms with Crippen molar-refractivity contribution in [3.63, 3.8) is 0 Å². The van der Waals surface area contributed by atoms with Crippen LogP contribution in [-0.4, -0.2) is 59.8 Å². The quantitative estimate of drug-likeness (QED) is 0.500. The number of nitrogen functional groups attached to an aromatic ring is 1. The first kappa shape index (κ1) is 13.5. The predicted molar refractivity (Wildman–Crippen MR) is 67.8 cm³/mol. The van der Waals surface area contributed by atoms with Crippen molar-refractivity contribution in [2.45, 2.75) is 24.5 Å². The molecule has 3 rings (SSSR count). The summed E-state index contributed by atoms with van der Waals surface area (Å²) >= 11 is 5.74. The van der Waals surface area contributed by atoms with Gasteiger partial charge in [-0.3, -0.25) is 4.57 Å². The highest BCUT2D eigenvalue weighted by Gasteiger charge is 2.44. The third-order valence-electron chi connectivity index (χ3n) is 3.21. The summed E-state index contributed by atoms with van der Waals surface area (Å²) in [4.78, 5) is 11.8. The van der Waals surface area contributed by atoms with Crippen LogP contribution >= 0.6 is 11.6 Å². The van der Waals surface area contributed by atoms with Crippen LogP contribution in [0.25, 0.3) is 11.2 Å². The topological polar surface area (TPSA) is 140 Å². The highest BCUT2D eigenvalue weighted by atomic mass is 35.5. The van der Waals surface area contributed by atoms with Crippen molar-refractivity contribution in [2.75, 3.05) is 12.3 Å². The molecule has 2 aromatic rings. The van der Waals surface area contributed by atoms with Crippen LogP contribution in [0.1, 0.15) is 6.23 Å². The fourth-order valence-electron chi connectivity index (χ4n) is 2.21. The zero-order chi connectivity index (χ0) is 14.4. The molecule has 9 nitrogen and oxygen atoms in total. The van der Waals surface area contributed by atoms with Crippen molar-refractivity contribution in [2.24, 2.45) is 0 Å². The average Bonchev–Trinajstić information content (AvgIpc) is 2.93. The second-order valence-electron chi connectivity index (χ2n) is 4.43. The summed E-state index contributed by atoms with van der Waals surface area (Å²) in [5, 5.41) is 28.8. The van der Waals surface area contributed by atoms with Gasteiger partial charge in [0.1, 0.15) is 23.8 Å². The number of imidazole rings is 1. The number of hydrogen-bond acceptors (Lipinski definition) is 8. The van der Waals surface area contributed by atoms with Crippen molar-refractivity contribution in [3.05, 3.63) is 11.6 Å². The van der Waals surface area contributed by atoms with Gasteiger partial charge in [0, 0.05) is 0 Å². The molecule has 108 valence electrons. The number of nitrogens with two attached hydrogens (primary N) is 1. The monoisotopic (exact) mass is 301 g/mol. The van der Waals surface area contributed by atoms with E-state index in [1.54, 1.807) is 0 Å². The first-order valence-electron chi connectivity index (χ1n) is 5.81. The van der Waals surface area contributed by atoms with E-state index in [1.807, 2.05) is 0 Å². The minimum Gasteiger partial charge on any atom is -0.394 e. The van der Waals surface area contributed by atoms with Crippen LogP contribution in [-0.2, 0) is 4.74 Å². The lowest BCUT2D eigenvalue weighted by Crippen LogP contribution is -2.33. The molecule has 0 saturated carbocycles. The Kier molecular flexibility index (Phi) is 3.22. The maximum Gasteiger partial charge on any atom is 0.226 e. The summed E-state index contributed by atoms with van der Waals surface area (Å²) in [6, 6.07) is 0. The molecule has 0 amide bonds. The third kappa shape index (κ3) is 1.91. The Morgan fingerprint density at radius 3 is 2.75 bits per heavy atom. The Labute approximate surface area is 117 Å². The number of rotatable bonds is 2. The van der Waals surface area contributed by atoms with E-state index in [9.17, 15) is 10.2 Å². The van der Waals surface area contributed by atoms with E-state index in [2.05, 4.69) is 15.0 Å². The molecule has 0 bridgehead atoms. The summed E-state index contributed by atoms with van der Waals surface area (Å²) in [6.07, 6.45) is -2.93. The molecule has 10 heteroatoms. The average molecular weight is 302 g/mol. The molecule has 1 aliphatic heterocycles. The number of aliphatic hydroxyl groups excluding tert-OH is 3. The number of nitrogens with zero attached hydrogens (tertiary/aromatic N) is 4. The minimum atomic E-state index is -1.24. The molecule has 0 aromatic carbocycles. The Morgan fingerprint density at radius 2 is 2.10 bits per heavy atom. The van der Waals surface area contributed by atoms with Gasteiger partial charge in [0.25, 0.3) is 0 Å². The van der Waals surface area contributed by atoms with Crippen LogP contribution in [0.4, 0.5) is 5.82 Å². The van der Waals surface area contributed by atoms with Crippen LogP contribution in [0.15, 0.2) is 6.33 Å². The van der Waals surface area contributed by atoms with Gasteiger partial charge in [0.15, 0.2) is 17.7 Å². The summed E-state index contributed by atoms with van der Waals surface area (Å²) in [5.41, 5.74) is 6.27. The van der Waals surface area contributed by atoms with Crippen LogP contribution in [0, 0.1) is 0 Å². The molecule has 0 unspecified atom stereocenters. The molecule has 1 saturated heterocycles. The molecule has 20 heavy (non-hydrogen) atoms. The van der Waals surface area contributed by atoms with E-state index in [0.29, 0.717) is 5.52 Å².